The van der Waals surface area contributed by atoms with Gasteiger partial charge in [0, 0.05) is 6.61 Å². The van der Waals surface area contributed by atoms with Crippen LogP contribution in [-0.4, -0.2) is 132 Å². The summed E-state index contributed by atoms with van der Waals surface area (Å²) in [5.74, 6) is -0.114. The highest BCUT2D eigenvalue weighted by molar-refractivity contribution is 5.72. The zero-order chi connectivity index (χ0) is 39.8. The monoisotopic (exact) mass is 793 g/mol. The number of ether oxygens (including phenoxy) is 10. The summed E-state index contributed by atoms with van der Waals surface area (Å²) in [5.41, 5.74) is 0. The Morgan fingerprint density at radius 1 is 0.309 bits per heavy atom. The van der Waals surface area contributed by atoms with Gasteiger partial charge in [-0.1, -0.05) is 130 Å². The molecule has 330 valence electrons. The molecule has 0 rings (SSSR count). The fourth-order valence-electron chi connectivity index (χ4n) is 5.87. The molecule has 0 aliphatic carbocycles. The number of carbonyl (C=O) groups is 1. The van der Waals surface area contributed by atoms with Crippen molar-refractivity contribution in [3.05, 3.63) is 0 Å². The molecule has 0 fully saturated rings. The first-order valence-electron chi connectivity index (χ1n) is 22.6. The van der Waals surface area contributed by atoms with Gasteiger partial charge in [-0.3, -0.25) is 4.79 Å². The third-order valence-electron chi connectivity index (χ3n) is 9.32. The van der Waals surface area contributed by atoms with E-state index < -0.39 is 0 Å². The quantitative estimate of drug-likeness (QED) is 0.0435. The van der Waals surface area contributed by atoms with Gasteiger partial charge < -0.3 is 47.4 Å². The molecule has 0 N–H and O–H groups in total. The first kappa shape index (κ1) is 54.1. The van der Waals surface area contributed by atoms with Gasteiger partial charge in [0.05, 0.1) is 118 Å². The fraction of sp³-hybridized carbons (Fsp3) is 0.977. The van der Waals surface area contributed by atoms with Gasteiger partial charge in [0.2, 0.25) is 0 Å². The van der Waals surface area contributed by atoms with E-state index >= 15 is 0 Å². The Bertz CT molecular complexity index is 715. The van der Waals surface area contributed by atoms with E-state index in [4.69, 9.17) is 47.4 Å². The molecule has 0 aromatic rings. The summed E-state index contributed by atoms with van der Waals surface area (Å²) < 4.78 is 55.2. The third kappa shape index (κ3) is 45.7. The molecule has 0 aromatic heterocycles. The molecule has 0 heterocycles. The number of rotatable bonds is 49. The lowest BCUT2D eigenvalue weighted by Gasteiger charge is -2.13. The highest BCUT2D eigenvalue weighted by Crippen LogP contribution is 2.15. The topological polar surface area (TPSA) is 109 Å². The van der Waals surface area contributed by atoms with Gasteiger partial charge in [-0.05, 0) is 19.3 Å². The minimum atomic E-state index is -0.115. The van der Waals surface area contributed by atoms with Crippen LogP contribution in [0.5, 0.6) is 0 Å². The van der Waals surface area contributed by atoms with Crippen LogP contribution in [0.25, 0.3) is 0 Å². The SMILES string of the molecule is CCCCCCCCCCCCCCCCCCOCCOCCOCCOCCOCCOCCOCCOCCOCCOC(=O)C(CC)CCCC. The summed E-state index contributed by atoms with van der Waals surface area (Å²) in [6.45, 7) is 16.4. The Balaban J connectivity index is 3.12. The lowest BCUT2D eigenvalue weighted by atomic mass is 10.00. The summed E-state index contributed by atoms with van der Waals surface area (Å²) >= 11 is 0. The van der Waals surface area contributed by atoms with Crippen molar-refractivity contribution in [2.75, 3.05) is 126 Å². The molecule has 0 bridgehead atoms. The molecule has 0 aliphatic heterocycles. The molecule has 0 spiro atoms. The Hall–Kier alpha value is -0.890. The predicted octanol–water partition coefficient (Wildman–Crippen LogP) is 9.16. The van der Waals surface area contributed by atoms with E-state index in [1.807, 2.05) is 6.92 Å². The van der Waals surface area contributed by atoms with Gasteiger partial charge in [-0.15, -0.1) is 0 Å². The molecule has 0 radical (unpaired) electrons. The first-order valence-corrected chi connectivity index (χ1v) is 22.6. The van der Waals surface area contributed by atoms with E-state index in [0.717, 1.165) is 38.7 Å². The van der Waals surface area contributed by atoms with Gasteiger partial charge in [0.25, 0.3) is 0 Å². The van der Waals surface area contributed by atoms with E-state index in [-0.39, 0.29) is 18.5 Å². The maximum Gasteiger partial charge on any atom is 0.308 e. The Morgan fingerprint density at radius 3 is 0.855 bits per heavy atom. The summed E-state index contributed by atoms with van der Waals surface area (Å²) in [6.07, 6.45) is 26.0. The van der Waals surface area contributed by atoms with Crippen LogP contribution >= 0.6 is 0 Å². The molecule has 55 heavy (non-hydrogen) atoms. The maximum absolute atomic E-state index is 12.0. The van der Waals surface area contributed by atoms with E-state index in [2.05, 4.69) is 13.8 Å². The molecule has 0 saturated heterocycles. The van der Waals surface area contributed by atoms with Crippen LogP contribution in [0.1, 0.15) is 149 Å². The predicted molar refractivity (Wildman–Crippen MR) is 221 cm³/mol. The minimum absolute atomic E-state index is 0.000365. The fourth-order valence-corrected chi connectivity index (χ4v) is 5.87. The van der Waals surface area contributed by atoms with Gasteiger partial charge >= 0.3 is 5.97 Å². The van der Waals surface area contributed by atoms with Crippen LogP contribution in [0.3, 0.4) is 0 Å². The maximum atomic E-state index is 12.0. The average Bonchev–Trinajstić information content (AvgIpc) is 3.19. The number of esters is 1. The molecule has 1 unspecified atom stereocenters. The molecule has 11 nitrogen and oxygen atoms in total. The highest BCUT2D eigenvalue weighted by atomic mass is 16.6. The van der Waals surface area contributed by atoms with Crippen molar-refractivity contribution in [1.29, 1.82) is 0 Å². The summed E-state index contributed by atoms with van der Waals surface area (Å²) in [4.78, 5) is 12.0. The highest BCUT2D eigenvalue weighted by Gasteiger charge is 2.17. The average molecular weight is 793 g/mol. The number of carbonyl (C=O) groups excluding carboxylic acids is 1. The summed E-state index contributed by atoms with van der Waals surface area (Å²) in [6, 6.07) is 0. The van der Waals surface area contributed by atoms with E-state index in [9.17, 15) is 4.79 Å². The summed E-state index contributed by atoms with van der Waals surface area (Å²) in [5, 5.41) is 0. The molecule has 0 aromatic carbocycles. The molecular formula is C44H88O11. The first-order chi connectivity index (χ1) is 27.3. The molecule has 0 aliphatic rings. The molecular weight excluding hydrogens is 704 g/mol. The van der Waals surface area contributed by atoms with Crippen molar-refractivity contribution in [1.82, 2.24) is 0 Å². The molecule has 0 amide bonds. The van der Waals surface area contributed by atoms with Gasteiger partial charge in [-0.2, -0.15) is 0 Å². The van der Waals surface area contributed by atoms with E-state index in [1.165, 1.54) is 96.3 Å². The number of hydrogen-bond donors (Lipinski definition) is 0. The van der Waals surface area contributed by atoms with Gasteiger partial charge in [-0.25, -0.2) is 0 Å². The zero-order valence-electron chi connectivity index (χ0n) is 36.1. The van der Waals surface area contributed by atoms with E-state index in [0.29, 0.717) is 112 Å². The van der Waals surface area contributed by atoms with Crippen molar-refractivity contribution in [2.45, 2.75) is 149 Å². The van der Waals surface area contributed by atoms with Crippen LogP contribution < -0.4 is 0 Å². The molecule has 1 atom stereocenters. The zero-order valence-corrected chi connectivity index (χ0v) is 36.1. The second-order valence-electron chi connectivity index (χ2n) is 14.2. The van der Waals surface area contributed by atoms with Crippen molar-refractivity contribution in [2.24, 2.45) is 5.92 Å². The van der Waals surface area contributed by atoms with Crippen LogP contribution in [0.15, 0.2) is 0 Å². The lowest BCUT2D eigenvalue weighted by Crippen LogP contribution is -2.20. The van der Waals surface area contributed by atoms with Crippen molar-refractivity contribution in [3.63, 3.8) is 0 Å². The van der Waals surface area contributed by atoms with Crippen LogP contribution in [-0.2, 0) is 52.2 Å². The van der Waals surface area contributed by atoms with E-state index in [1.54, 1.807) is 0 Å². The second kappa shape index (κ2) is 49.3. The number of hydrogen-bond acceptors (Lipinski definition) is 11. The van der Waals surface area contributed by atoms with Crippen molar-refractivity contribution >= 4 is 5.97 Å². The largest absolute Gasteiger partial charge is 0.463 e. The smallest absolute Gasteiger partial charge is 0.308 e. The van der Waals surface area contributed by atoms with Crippen molar-refractivity contribution < 1.29 is 52.2 Å². The number of unbranched alkanes of at least 4 members (excludes halogenated alkanes) is 16. The minimum Gasteiger partial charge on any atom is -0.463 e. The Morgan fingerprint density at radius 2 is 0.564 bits per heavy atom. The Kier molecular flexibility index (Phi) is 48.5. The standard InChI is InChI=1S/C44H88O11/c1-4-7-9-10-11-12-13-14-15-16-17-18-19-20-21-22-24-46-25-26-47-27-28-48-29-30-49-31-32-50-33-34-51-35-36-52-37-38-53-39-40-54-41-42-55-44(45)43(6-3)23-8-5-2/h43H,4-42H2,1-3H3. The molecule has 0 saturated carbocycles. The van der Waals surface area contributed by atoms with Gasteiger partial charge in [0.1, 0.15) is 6.61 Å². The van der Waals surface area contributed by atoms with Crippen molar-refractivity contribution in [3.8, 4) is 0 Å². The molecule has 11 heteroatoms. The van der Waals surface area contributed by atoms with Crippen LogP contribution in [0.2, 0.25) is 0 Å². The van der Waals surface area contributed by atoms with Gasteiger partial charge in [0.15, 0.2) is 0 Å². The van der Waals surface area contributed by atoms with Crippen LogP contribution in [0, 0.1) is 5.92 Å². The lowest BCUT2D eigenvalue weighted by molar-refractivity contribution is -0.150. The Labute approximate surface area is 338 Å². The van der Waals surface area contributed by atoms with Crippen LogP contribution in [0.4, 0.5) is 0 Å². The normalized spacial score (nSPS) is 12.1. The summed E-state index contributed by atoms with van der Waals surface area (Å²) in [7, 11) is 0. The third-order valence-corrected chi connectivity index (χ3v) is 9.32. The second-order valence-corrected chi connectivity index (χ2v) is 14.2.